The summed E-state index contributed by atoms with van der Waals surface area (Å²) in [5, 5.41) is 13.9. The van der Waals surface area contributed by atoms with E-state index in [1.165, 1.54) is 39.8 Å². The van der Waals surface area contributed by atoms with Gasteiger partial charge >= 0.3 is 24.3 Å². The van der Waals surface area contributed by atoms with Crippen molar-refractivity contribution >= 4 is 34.7 Å². The van der Waals surface area contributed by atoms with Gasteiger partial charge in [-0.1, -0.05) is 26.0 Å². The molecule has 4 aromatic rings. The smallest absolute Gasteiger partial charge is 0.408 e. The summed E-state index contributed by atoms with van der Waals surface area (Å²) in [5.74, 6) is -1.77. The van der Waals surface area contributed by atoms with Crippen LogP contribution in [0.1, 0.15) is 73.4 Å². The molecule has 1 aliphatic heterocycles. The van der Waals surface area contributed by atoms with Crippen LogP contribution in [0, 0.1) is 11.7 Å². The molecule has 5 rings (SSSR count). The second kappa shape index (κ2) is 16.5. The minimum Gasteiger partial charge on any atom is -0.487 e. The molecule has 2 N–H and O–H groups in total. The summed E-state index contributed by atoms with van der Waals surface area (Å²) in [4.78, 5) is 43.1. The number of carbonyl (C=O) groups is 3. The zero-order chi connectivity index (χ0) is 41.2. The monoisotopic (exact) mass is 789 g/mol. The van der Waals surface area contributed by atoms with Gasteiger partial charge in [0, 0.05) is 36.8 Å². The fraction of sp³-hybridized carbons (Fsp3) is 0.526. The predicted molar refractivity (Wildman–Crippen MR) is 196 cm³/mol. The van der Waals surface area contributed by atoms with Gasteiger partial charge in [-0.3, -0.25) is 9.30 Å². The standard InChI is InChI=1S/C38H47F4N7O7/c1-21(2)30(45-35(52)56-37(6,7)8)33(50)54-16-15-53-28-18-27-22(17-25(28)39)9-11-26(44-27)32-47-46-29-12-10-23(19-49(29)32)31(38(40,41)42)48-14-13-24(20-48)43-34(51)55-36(3,4)5/h9-12,17-19,21,24,30-31H,13-16,20H2,1-8H3,(H,43,51)(H,45,52)/t24?,30?,31-/m1/s1. The van der Waals surface area contributed by atoms with Crippen LogP contribution >= 0.6 is 0 Å². The van der Waals surface area contributed by atoms with E-state index < -0.39 is 59.5 Å². The van der Waals surface area contributed by atoms with Crippen molar-refractivity contribution in [3.05, 3.63) is 54.0 Å². The van der Waals surface area contributed by atoms with Crippen molar-refractivity contribution < 1.29 is 50.9 Å². The third-order valence-electron chi connectivity index (χ3n) is 8.51. The molecule has 0 spiro atoms. The molecule has 2 amide bonds. The van der Waals surface area contributed by atoms with Crippen molar-refractivity contribution in [2.45, 2.75) is 97.3 Å². The van der Waals surface area contributed by atoms with Crippen LogP contribution in [0.5, 0.6) is 5.75 Å². The van der Waals surface area contributed by atoms with Crippen LogP contribution in [0.15, 0.2) is 42.6 Å². The minimum absolute atomic E-state index is 0.0457. The number of benzene rings is 1. The fourth-order valence-electron chi connectivity index (χ4n) is 6.14. The fourth-order valence-corrected chi connectivity index (χ4v) is 6.14. The van der Waals surface area contributed by atoms with Gasteiger partial charge in [0.05, 0.1) is 5.52 Å². The zero-order valence-corrected chi connectivity index (χ0v) is 32.5. The van der Waals surface area contributed by atoms with E-state index in [1.807, 2.05) is 0 Å². The molecule has 1 saturated heterocycles. The largest absolute Gasteiger partial charge is 0.487 e. The first-order valence-electron chi connectivity index (χ1n) is 18.1. The average molecular weight is 790 g/mol. The number of carbonyl (C=O) groups excluding carboxylic acids is 3. The lowest BCUT2D eigenvalue weighted by molar-refractivity contribution is -0.184. The number of amides is 2. The Morgan fingerprint density at radius 1 is 0.929 bits per heavy atom. The number of rotatable bonds is 11. The lowest BCUT2D eigenvalue weighted by Crippen LogP contribution is -2.47. The Kier molecular flexibility index (Phi) is 12.3. The Morgan fingerprint density at radius 2 is 1.62 bits per heavy atom. The normalized spacial score (nSPS) is 16.5. The number of pyridine rings is 2. The van der Waals surface area contributed by atoms with Crippen LogP contribution in [0.3, 0.4) is 0 Å². The van der Waals surface area contributed by atoms with Gasteiger partial charge in [0.25, 0.3) is 0 Å². The summed E-state index contributed by atoms with van der Waals surface area (Å²) in [7, 11) is 0. The number of aromatic nitrogens is 4. The van der Waals surface area contributed by atoms with E-state index in [9.17, 15) is 27.6 Å². The molecule has 1 aliphatic rings. The van der Waals surface area contributed by atoms with E-state index in [0.717, 1.165) is 0 Å². The Hall–Kier alpha value is -5.26. The second-order valence-corrected chi connectivity index (χ2v) is 15.8. The number of esters is 1. The Morgan fingerprint density at radius 3 is 2.29 bits per heavy atom. The van der Waals surface area contributed by atoms with E-state index in [2.05, 4.69) is 25.8 Å². The summed E-state index contributed by atoms with van der Waals surface area (Å²) < 4.78 is 81.8. The third kappa shape index (κ3) is 10.7. The van der Waals surface area contributed by atoms with Crippen molar-refractivity contribution in [2.75, 3.05) is 26.3 Å². The van der Waals surface area contributed by atoms with E-state index in [4.69, 9.17) is 18.9 Å². The maximum atomic E-state index is 15.0. The van der Waals surface area contributed by atoms with Gasteiger partial charge in [0.2, 0.25) is 0 Å². The molecule has 3 atom stereocenters. The van der Waals surface area contributed by atoms with Gasteiger partial charge in [-0.25, -0.2) is 23.8 Å². The van der Waals surface area contributed by atoms with Crippen molar-refractivity contribution in [1.82, 2.24) is 35.1 Å². The number of ether oxygens (including phenoxy) is 4. The number of halogens is 4. The van der Waals surface area contributed by atoms with Crippen LogP contribution in [0.25, 0.3) is 28.1 Å². The van der Waals surface area contributed by atoms with Crippen LogP contribution < -0.4 is 15.4 Å². The first kappa shape index (κ1) is 41.9. The first-order chi connectivity index (χ1) is 26.1. The summed E-state index contributed by atoms with van der Waals surface area (Å²) in [6.45, 7) is 13.2. The van der Waals surface area contributed by atoms with E-state index in [0.29, 0.717) is 17.3 Å². The van der Waals surface area contributed by atoms with E-state index in [1.54, 1.807) is 67.5 Å². The molecule has 4 heterocycles. The number of likely N-dealkylation sites (tertiary alicyclic amines) is 1. The maximum absolute atomic E-state index is 15.0. The summed E-state index contributed by atoms with van der Waals surface area (Å²) in [6.07, 6.45) is -4.51. The predicted octanol–water partition coefficient (Wildman–Crippen LogP) is 6.76. The molecule has 1 aromatic carbocycles. The lowest BCUT2D eigenvalue weighted by Gasteiger charge is -2.30. The molecule has 2 unspecified atom stereocenters. The Bertz CT molecular complexity index is 2060. The second-order valence-electron chi connectivity index (χ2n) is 15.8. The summed E-state index contributed by atoms with van der Waals surface area (Å²) in [5.41, 5.74) is -0.772. The molecule has 0 radical (unpaired) electrons. The topological polar surface area (TPSA) is 159 Å². The molecule has 56 heavy (non-hydrogen) atoms. The quantitative estimate of drug-likeness (QED) is 0.0716. The molecular formula is C38H47F4N7O7. The highest BCUT2D eigenvalue weighted by atomic mass is 19.4. The number of alkyl carbamates (subject to hydrolysis) is 2. The number of hydrogen-bond acceptors (Lipinski definition) is 11. The highest BCUT2D eigenvalue weighted by Gasteiger charge is 2.47. The van der Waals surface area contributed by atoms with Gasteiger partial charge in [0.1, 0.15) is 42.2 Å². The van der Waals surface area contributed by atoms with Crippen molar-refractivity contribution in [3.8, 4) is 17.3 Å². The molecule has 0 saturated carbocycles. The van der Waals surface area contributed by atoms with Crippen LogP contribution in [0.2, 0.25) is 0 Å². The number of nitrogens with zero attached hydrogens (tertiary/aromatic N) is 5. The highest BCUT2D eigenvalue weighted by Crippen LogP contribution is 2.40. The SMILES string of the molecule is CC(C)C(NC(=O)OC(C)(C)C)C(=O)OCCOc1cc2nc(-c3nnc4ccc([C@@H](N5CCC(NC(=O)OC(C)(C)C)C5)C(F)(F)F)cn34)ccc2cc1F. The average Bonchev–Trinajstić information content (AvgIpc) is 3.69. The molecule has 14 nitrogen and oxygen atoms in total. The number of alkyl halides is 3. The van der Waals surface area contributed by atoms with Crippen LogP contribution in [-0.4, -0.2) is 98.4 Å². The molecule has 3 aromatic heterocycles. The first-order valence-corrected chi connectivity index (χ1v) is 18.1. The maximum Gasteiger partial charge on any atom is 0.408 e. The molecule has 0 bridgehead atoms. The van der Waals surface area contributed by atoms with Gasteiger partial charge < -0.3 is 29.6 Å². The zero-order valence-electron chi connectivity index (χ0n) is 32.5. The van der Waals surface area contributed by atoms with Crippen LogP contribution in [-0.2, 0) is 19.0 Å². The van der Waals surface area contributed by atoms with Gasteiger partial charge in [-0.05, 0) is 77.6 Å². The van der Waals surface area contributed by atoms with Crippen LogP contribution in [0.4, 0.5) is 27.2 Å². The Labute approximate surface area is 321 Å². The molecule has 1 fully saturated rings. The van der Waals surface area contributed by atoms with Crippen molar-refractivity contribution in [3.63, 3.8) is 0 Å². The molecule has 0 aliphatic carbocycles. The number of hydrogen-bond donors (Lipinski definition) is 2. The van der Waals surface area contributed by atoms with E-state index >= 15 is 4.39 Å². The lowest BCUT2D eigenvalue weighted by atomic mass is 10.1. The number of fused-ring (bicyclic) bond motifs is 2. The Balaban J connectivity index is 1.30. The third-order valence-corrected chi connectivity index (χ3v) is 8.51. The van der Waals surface area contributed by atoms with E-state index in [-0.39, 0.29) is 60.7 Å². The van der Waals surface area contributed by atoms with Gasteiger partial charge in [-0.15, -0.1) is 10.2 Å². The van der Waals surface area contributed by atoms with Gasteiger partial charge in [-0.2, -0.15) is 13.2 Å². The minimum atomic E-state index is -4.66. The summed E-state index contributed by atoms with van der Waals surface area (Å²) in [6, 6.07) is 4.96. The van der Waals surface area contributed by atoms with Crippen molar-refractivity contribution in [1.29, 1.82) is 0 Å². The molecule has 304 valence electrons. The van der Waals surface area contributed by atoms with Gasteiger partial charge in [0.15, 0.2) is 23.0 Å². The molecule has 18 heteroatoms. The highest BCUT2D eigenvalue weighted by molar-refractivity contribution is 5.83. The number of nitrogens with one attached hydrogen (secondary N) is 2. The molecular weight excluding hydrogens is 742 g/mol. The summed E-state index contributed by atoms with van der Waals surface area (Å²) >= 11 is 0. The van der Waals surface area contributed by atoms with Crippen molar-refractivity contribution in [2.24, 2.45) is 5.92 Å².